The van der Waals surface area contributed by atoms with Gasteiger partial charge >= 0.3 is 11.9 Å². The molecule has 0 N–H and O–H groups in total. The zero-order chi connectivity index (χ0) is 30.8. The number of aromatic nitrogens is 1. The van der Waals surface area contributed by atoms with Gasteiger partial charge in [-0.05, 0) is 55.8 Å². The van der Waals surface area contributed by atoms with E-state index in [1.807, 2.05) is 6.07 Å². The van der Waals surface area contributed by atoms with Gasteiger partial charge in [0.1, 0.15) is 11.5 Å². The van der Waals surface area contributed by atoms with Crippen LogP contribution in [0.5, 0.6) is 11.5 Å². The van der Waals surface area contributed by atoms with Crippen LogP contribution in [0.4, 0.5) is 0 Å². The van der Waals surface area contributed by atoms with E-state index in [0.29, 0.717) is 59.2 Å². The van der Waals surface area contributed by atoms with E-state index in [4.69, 9.17) is 23.4 Å². The van der Waals surface area contributed by atoms with Crippen LogP contribution in [-0.4, -0.2) is 44.4 Å². The Kier molecular flexibility index (Phi) is 8.69. The molecule has 0 fully saturated rings. The fraction of sp³-hybridized carbons (Fsp3) is 0.226. The number of fused-ring (bicyclic) bond motifs is 1. The molecule has 3 heterocycles. The molecule has 0 amide bonds. The molecule has 4 aromatic rings. The van der Waals surface area contributed by atoms with E-state index in [-0.39, 0.29) is 17.7 Å². The molecule has 0 unspecified atom stereocenters. The highest BCUT2D eigenvalue weighted by molar-refractivity contribution is 9.10. The number of carbonyl (C=O) groups excluding carboxylic acids is 2. The lowest BCUT2D eigenvalue weighted by Crippen LogP contribution is -2.40. The predicted molar refractivity (Wildman–Crippen MR) is 163 cm³/mol. The van der Waals surface area contributed by atoms with Crippen molar-refractivity contribution in [3.63, 3.8) is 0 Å². The van der Waals surface area contributed by atoms with E-state index in [1.165, 1.54) is 37.2 Å². The van der Waals surface area contributed by atoms with Gasteiger partial charge in [0.05, 0.1) is 55.3 Å². The predicted octanol–water partition coefficient (Wildman–Crippen LogP) is 4.62. The number of thiazole rings is 1. The minimum atomic E-state index is -0.861. The Balaban J connectivity index is 1.65. The Bertz CT molecular complexity index is 1950. The lowest BCUT2D eigenvalue weighted by molar-refractivity contribution is -0.139. The number of carbonyl (C=O) groups is 2. The normalized spacial score (nSPS) is 14.7. The largest absolute Gasteiger partial charge is 0.493 e. The monoisotopic (exact) mass is 666 g/mol. The number of halogens is 1. The maximum absolute atomic E-state index is 14.0. The van der Waals surface area contributed by atoms with Crippen molar-refractivity contribution in [2.24, 2.45) is 4.99 Å². The van der Waals surface area contributed by atoms with Gasteiger partial charge in [-0.15, -0.1) is 0 Å². The second kappa shape index (κ2) is 12.4. The van der Waals surface area contributed by atoms with Gasteiger partial charge in [0.2, 0.25) is 0 Å². The van der Waals surface area contributed by atoms with E-state index in [2.05, 4.69) is 20.9 Å². The fourth-order valence-corrected chi connectivity index (χ4v) is 6.36. The first kappa shape index (κ1) is 30.1. The summed E-state index contributed by atoms with van der Waals surface area (Å²) < 4.78 is 29.6. The molecule has 0 aliphatic carbocycles. The maximum atomic E-state index is 14.0. The summed E-state index contributed by atoms with van der Waals surface area (Å²) in [7, 11) is 4.36. The third kappa shape index (κ3) is 5.67. The van der Waals surface area contributed by atoms with Crippen LogP contribution >= 0.6 is 27.3 Å². The smallest absolute Gasteiger partial charge is 0.338 e. The maximum Gasteiger partial charge on any atom is 0.338 e. The van der Waals surface area contributed by atoms with Gasteiger partial charge in [-0.3, -0.25) is 9.36 Å². The minimum absolute atomic E-state index is 0.156. The summed E-state index contributed by atoms with van der Waals surface area (Å²) in [6, 6.07) is 12.9. The highest BCUT2D eigenvalue weighted by Gasteiger charge is 2.35. The first-order chi connectivity index (χ1) is 20.7. The number of ether oxygens (including phenoxy) is 4. The van der Waals surface area contributed by atoms with Gasteiger partial charge in [-0.1, -0.05) is 39.4 Å². The van der Waals surface area contributed by atoms with Crippen LogP contribution < -0.4 is 24.4 Å². The van der Waals surface area contributed by atoms with Crippen LogP contribution in [0.25, 0.3) is 17.4 Å². The van der Waals surface area contributed by atoms with Crippen molar-refractivity contribution >= 4 is 45.3 Å². The first-order valence-electron chi connectivity index (χ1n) is 13.1. The van der Waals surface area contributed by atoms with Crippen molar-refractivity contribution in [2.75, 3.05) is 27.9 Å². The van der Waals surface area contributed by atoms with Crippen molar-refractivity contribution in [1.82, 2.24) is 4.57 Å². The molecule has 43 heavy (non-hydrogen) atoms. The SMILES string of the molecule is CCOC(=O)C1=C(C)N=c2s/c(=C\c3ccc(-c4cccc(C(=O)OC)c4)o3)c(=O)n2[C@@H]1c1cc(OC)c(OC)cc1Br. The molecule has 0 saturated carbocycles. The number of esters is 2. The van der Waals surface area contributed by atoms with Gasteiger partial charge in [-0.2, -0.15) is 0 Å². The third-order valence-corrected chi connectivity index (χ3v) is 8.45. The van der Waals surface area contributed by atoms with Gasteiger partial charge in [-0.25, -0.2) is 14.6 Å². The molecule has 10 nitrogen and oxygen atoms in total. The first-order valence-corrected chi connectivity index (χ1v) is 14.7. The Morgan fingerprint density at radius 2 is 1.81 bits per heavy atom. The Labute approximate surface area is 258 Å². The minimum Gasteiger partial charge on any atom is -0.493 e. The molecule has 0 bridgehead atoms. The lowest BCUT2D eigenvalue weighted by atomic mass is 9.95. The molecule has 0 saturated heterocycles. The van der Waals surface area contributed by atoms with E-state index in [9.17, 15) is 14.4 Å². The van der Waals surface area contributed by atoms with E-state index in [1.54, 1.807) is 62.4 Å². The van der Waals surface area contributed by atoms with Crippen LogP contribution in [0, 0.1) is 0 Å². The van der Waals surface area contributed by atoms with Crippen molar-refractivity contribution < 1.29 is 33.0 Å². The van der Waals surface area contributed by atoms with Crippen LogP contribution in [0.3, 0.4) is 0 Å². The summed E-state index contributed by atoms with van der Waals surface area (Å²) in [6.07, 6.45) is 1.63. The fourth-order valence-electron chi connectivity index (χ4n) is 4.80. The third-order valence-electron chi connectivity index (χ3n) is 6.78. The summed E-state index contributed by atoms with van der Waals surface area (Å²) in [5, 5.41) is 0. The van der Waals surface area contributed by atoms with Gasteiger partial charge < -0.3 is 23.4 Å². The molecule has 1 aliphatic heterocycles. The number of benzene rings is 2. The molecule has 2 aromatic carbocycles. The average molecular weight is 668 g/mol. The Morgan fingerprint density at radius 3 is 2.51 bits per heavy atom. The summed E-state index contributed by atoms with van der Waals surface area (Å²) in [6.45, 7) is 3.59. The van der Waals surface area contributed by atoms with Crippen LogP contribution in [-0.2, 0) is 14.3 Å². The number of hydrogen-bond donors (Lipinski definition) is 0. The quantitative estimate of drug-likeness (QED) is 0.250. The van der Waals surface area contributed by atoms with E-state index in [0.717, 1.165) is 0 Å². The average Bonchev–Trinajstić information content (AvgIpc) is 3.60. The number of furan rings is 1. The van der Waals surface area contributed by atoms with Gasteiger partial charge in [0.25, 0.3) is 5.56 Å². The van der Waals surface area contributed by atoms with Crippen molar-refractivity contribution in [1.29, 1.82) is 0 Å². The highest BCUT2D eigenvalue weighted by atomic mass is 79.9. The molecule has 0 spiro atoms. The molecule has 2 aromatic heterocycles. The zero-order valence-corrected chi connectivity index (χ0v) is 26.3. The standard InChI is InChI=1S/C31H27BrN2O8S/c1-6-41-30(37)26-16(2)33-31-34(27(26)20-14-23(38-3)24(39-4)15-21(20)32)28(35)25(43-31)13-19-10-11-22(42-19)17-8-7-9-18(12-17)29(36)40-5/h7-15,27H,6H2,1-5H3/b25-13-/t27-/m1/s1. The molecule has 222 valence electrons. The molecule has 1 atom stereocenters. The van der Waals surface area contributed by atoms with Gasteiger partial charge in [0, 0.05) is 16.1 Å². The molecular formula is C31H27BrN2O8S. The Hall–Kier alpha value is -4.42. The molecule has 1 aliphatic rings. The van der Waals surface area contributed by atoms with E-state index >= 15 is 0 Å². The lowest BCUT2D eigenvalue weighted by Gasteiger charge is -2.26. The summed E-state index contributed by atoms with van der Waals surface area (Å²) >= 11 is 4.77. The Morgan fingerprint density at radius 1 is 1.07 bits per heavy atom. The number of allylic oxidation sites excluding steroid dienone is 1. The van der Waals surface area contributed by atoms with Crippen LogP contribution in [0.15, 0.2) is 78.5 Å². The molecule has 0 radical (unpaired) electrons. The van der Waals surface area contributed by atoms with Crippen molar-refractivity contribution in [3.8, 4) is 22.8 Å². The topological polar surface area (TPSA) is 119 Å². The summed E-state index contributed by atoms with van der Waals surface area (Å²) in [5.41, 5.74) is 1.96. The van der Waals surface area contributed by atoms with Gasteiger partial charge in [0.15, 0.2) is 16.3 Å². The summed E-state index contributed by atoms with van der Waals surface area (Å²) in [5.74, 6) is 0.818. The zero-order valence-electron chi connectivity index (χ0n) is 23.9. The number of methoxy groups -OCH3 is 3. The van der Waals surface area contributed by atoms with Crippen molar-refractivity contribution in [3.05, 3.63) is 101 Å². The van der Waals surface area contributed by atoms with E-state index < -0.39 is 18.0 Å². The number of hydrogen-bond acceptors (Lipinski definition) is 10. The number of rotatable bonds is 8. The number of nitrogens with zero attached hydrogens (tertiary/aromatic N) is 2. The molecular weight excluding hydrogens is 640 g/mol. The van der Waals surface area contributed by atoms with Crippen molar-refractivity contribution in [2.45, 2.75) is 19.9 Å². The highest BCUT2D eigenvalue weighted by Crippen LogP contribution is 2.40. The molecule has 12 heteroatoms. The van der Waals surface area contributed by atoms with Crippen LogP contribution in [0.1, 0.15) is 41.6 Å². The molecule has 5 rings (SSSR count). The summed E-state index contributed by atoms with van der Waals surface area (Å²) in [4.78, 5) is 44.2. The van der Waals surface area contributed by atoms with Crippen LogP contribution in [0.2, 0.25) is 0 Å². The second-order valence-corrected chi connectivity index (χ2v) is 11.2. The second-order valence-electron chi connectivity index (χ2n) is 9.31.